The minimum Gasteiger partial charge on any atom is -0.393 e. The zero-order chi connectivity index (χ0) is 18.9. The van der Waals surface area contributed by atoms with E-state index in [1.54, 1.807) is 0 Å². The highest BCUT2D eigenvalue weighted by atomic mass is 16.3. The van der Waals surface area contributed by atoms with Crippen LogP contribution in [0.15, 0.2) is 0 Å². The predicted octanol–water partition coefficient (Wildman–Crippen LogP) is 1.86. The molecule has 0 saturated heterocycles. The maximum atomic E-state index is 12.4. The summed E-state index contributed by atoms with van der Waals surface area (Å²) in [5.41, 5.74) is -2.00. The first kappa shape index (κ1) is 18.6. The van der Waals surface area contributed by atoms with Gasteiger partial charge in [0, 0.05) is 18.3 Å². The summed E-state index contributed by atoms with van der Waals surface area (Å²) in [7, 11) is 0. The molecule has 5 heteroatoms. The molecule has 0 bridgehead atoms. The van der Waals surface area contributed by atoms with Crippen molar-refractivity contribution in [3.63, 3.8) is 0 Å². The van der Waals surface area contributed by atoms with Crippen LogP contribution in [-0.2, 0) is 9.59 Å². The Bertz CT molecular complexity index is 632. The molecule has 4 saturated carbocycles. The molecule has 0 aromatic rings. The molecular weight excluding hydrogens is 332 g/mol. The lowest BCUT2D eigenvalue weighted by Crippen LogP contribution is -2.61. The third kappa shape index (κ3) is 2.20. The molecule has 8 atom stereocenters. The van der Waals surface area contributed by atoms with Gasteiger partial charge in [0.25, 0.3) is 0 Å². The van der Waals surface area contributed by atoms with Crippen molar-refractivity contribution in [1.82, 2.24) is 0 Å². The van der Waals surface area contributed by atoms with Crippen LogP contribution in [0.25, 0.3) is 0 Å². The standard InChI is InChI=1S/C21H32O5/c1-19-6-3-12(23)9-16(19)17(24)10-13-14(19)4-7-20(2)15(13)5-8-21(20,26)18(25)11-22/h13-17,22,24,26H,3-11H2,1-2H3/t13-,14+,15+,16?,17?,19-,20+,21+/m1/s1. The van der Waals surface area contributed by atoms with Gasteiger partial charge in [-0.05, 0) is 67.6 Å². The van der Waals surface area contributed by atoms with Gasteiger partial charge in [-0.15, -0.1) is 0 Å². The van der Waals surface area contributed by atoms with Crippen LogP contribution >= 0.6 is 0 Å². The molecule has 26 heavy (non-hydrogen) atoms. The quantitative estimate of drug-likeness (QED) is 0.695. The number of aliphatic hydroxyl groups is 3. The van der Waals surface area contributed by atoms with E-state index >= 15 is 0 Å². The van der Waals surface area contributed by atoms with E-state index in [-0.39, 0.29) is 29.0 Å². The number of carbonyl (C=O) groups excluding carboxylic acids is 2. The third-order valence-electron chi connectivity index (χ3n) is 9.26. The molecule has 146 valence electrons. The minimum atomic E-state index is -1.44. The summed E-state index contributed by atoms with van der Waals surface area (Å²) in [6.07, 6.45) is 5.01. The molecule has 0 heterocycles. The Morgan fingerprint density at radius 3 is 2.50 bits per heavy atom. The lowest BCUT2D eigenvalue weighted by atomic mass is 9.43. The highest BCUT2D eigenvalue weighted by Gasteiger charge is 2.67. The Morgan fingerprint density at radius 1 is 1.12 bits per heavy atom. The van der Waals surface area contributed by atoms with Crippen molar-refractivity contribution in [3.8, 4) is 0 Å². The van der Waals surface area contributed by atoms with Crippen molar-refractivity contribution in [2.24, 2.45) is 34.5 Å². The van der Waals surface area contributed by atoms with E-state index in [2.05, 4.69) is 6.92 Å². The van der Waals surface area contributed by atoms with Crippen LogP contribution in [0, 0.1) is 34.5 Å². The maximum Gasteiger partial charge on any atom is 0.190 e. The number of carbonyl (C=O) groups is 2. The molecule has 2 unspecified atom stereocenters. The van der Waals surface area contributed by atoms with E-state index in [9.17, 15) is 24.9 Å². The molecule has 4 aliphatic carbocycles. The molecule has 0 radical (unpaired) electrons. The molecular formula is C21H32O5. The lowest BCUT2D eigenvalue weighted by molar-refractivity contribution is -0.186. The molecule has 0 amide bonds. The monoisotopic (exact) mass is 364 g/mol. The Balaban J connectivity index is 1.68. The van der Waals surface area contributed by atoms with Crippen molar-refractivity contribution in [2.75, 3.05) is 6.61 Å². The van der Waals surface area contributed by atoms with Crippen LogP contribution in [0.5, 0.6) is 0 Å². The van der Waals surface area contributed by atoms with Gasteiger partial charge in [0.2, 0.25) is 0 Å². The maximum absolute atomic E-state index is 12.4. The van der Waals surface area contributed by atoms with Crippen molar-refractivity contribution < 1.29 is 24.9 Å². The topological polar surface area (TPSA) is 94.8 Å². The first-order chi connectivity index (χ1) is 12.2. The minimum absolute atomic E-state index is 0.0285. The van der Waals surface area contributed by atoms with Crippen molar-refractivity contribution in [3.05, 3.63) is 0 Å². The fourth-order valence-corrected chi connectivity index (χ4v) is 7.69. The number of rotatable bonds is 2. The van der Waals surface area contributed by atoms with E-state index in [0.717, 1.165) is 25.7 Å². The largest absolute Gasteiger partial charge is 0.393 e. The van der Waals surface area contributed by atoms with Gasteiger partial charge in [-0.25, -0.2) is 0 Å². The van der Waals surface area contributed by atoms with Gasteiger partial charge < -0.3 is 15.3 Å². The second-order valence-electron chi connectivity index (χ2n) is 9.97. The van der Waals surface area contributed by atoms with E-state index in [1.165, 1.54) is 0 Å². The van der Waals surface area contributed by atoms with Crippen molar-refractivity contribution in [2.45, 2.75) is 76.9 Å². The van der Waals surface area contributed by atoms with Crippen LogP contribution in [0.2, 0.25) is 0 Å². The average molecular weight is 364 g/mol. The van der Waals surface area contributed by atoms with Gasteiger partial charge in [-0.2, -0.15) is 0 Å². The molecule has 4 rings (SSSR count). The molecule has 5 nitrogen and oxygen atoms in total. The first-order valence-electron chi connectivity index (χ1n) is 10.2. The smallest absolute Gasteiger partial charge is 0.190 e. The average Bonchev–Trinajstić information content (AvgIpc) is 2.88. The van der Waals surface area contributed by atoms with E-state index in [1.807, 2.05) is 6.92 Å². The van der Waals surface area contributed by atoms with Crippen LogP contribution in [0.3, 0.4) is 0 Å². The summed E-state index contributed by atoms with van der Waals surface area (Å²) in [6, 6.07) is 0. The number of ketones is 2. The lowest BCUT2D eigenvalue weighted by Gasteiger charge is -2.61. The van der Waals surface area contributed by atoms with Gasteiger partial charge in [-0.3, -0.25) is 9.59 Å². The zero-order valence-electron chi connectivity index (χ0n) is 15.9. The summed E-state index contributed by atoms with van der Waals surface area (Å²) >= 11 is 0. The summed E-state index contributed by atoms with van der Waals surface area (Å²) in [4.78, 5) is 24.3. The van der Waals surface area contributed by atoms with E-state index in [4.69, 9.17) is 0 Å². The molecule has 0 aliphatic heterocycles. The number of fused-ring (bicyclic) bond motifs is 5. The Kier molecular flexibility index (Phi) is 4.18. The summed E-state index contributed by atoms with van der Waals surface area (Å²) in [5.74, 6) is 0.770. The zero-order valence-corrected chi connectivity index (χ0v) is 15.9. The van der Waals surface area contributed by atoms with Crippen LogP contribution < -0.4 is 0 Å². The Hall–Kier alpha value is -0.780. The fraction of sp³-hybridized carbons (Fsp3) is 0.905. The molecule has 4 aliphatic rings. The third-order valence-corrected chi connectivity index (χ3v) is 9.26. The molecule has 3 N–H and O–H groups in total. The van der Waals surface area contributed by atoms with Gasteiger partial charge in [-0.1, -0.05) is 13.8 Å². The summed E-state index contributed by atoms with van der Waals surface area (Å²) < 4.78 is 0. The van der Waals surface area contributed by atoms with E-state index in [0.29, 0.717) is 31.6 Å². The summed E-state index contributed by atoms with van der Waals surface area (Å²) in [6.45, 7) is 3.66. The number of Topliss-reactive ketones (excluding diaryl/α,β-unsaturated/α-hetero) is 2. The Morgan fingerprint density at radius 2 is 1.81 bits per heavy atom. The SMILES string of the molecule is C[C@]12CCC(=O)CC1C(O)C[C@@H]1[C@@H]2CC[C@@]2(C)[C@H]1CC[C@]2(O)C(=O)CO. The molecule has 4 fully saturated rings. The van der Waals surface area contributed by atoms with Gasteiger partial charge >= 0.3 is 0 Å². The van der Waals surface area contributed by atoms with Gasteiger partial charge in [0.1, 0.15) is 18.0 Å². The normalized spacial score (nSPS) is 53.6. The van der Waals surface area contributed by atoms with Gasteiger partial charge in [0.05, 0.1) is 6.10 Å². The van der Waals surface area contributed by atoms with Crippen LogP contribution in [-0.4, -0.2) is 45.2 Å². The first-order valence-corrected chi connectivity index (χ1v) is 10.2. The molecule has 0 aromatic heterocycles. The number of aliphatic hydroxyl groups excluding tert-OH is 2. The number of hydrogen-bond acceptors (Lipinski definition) is 5. The summed E-state index contributed by atoms with van der Waals surface area (Å²) in [5, 5.41) is 31.5. The fourth-order valence-electron chi connectivity index (χ4n) is 7.69. The Labute approximate surface area is 155 Å². The molecule has 0 spiro atoms. The van der Waals surface area contributed by atoms with Crippen LogP contribution in [0.4, 0.5) is 0 Å². The second-order valence-corrected chi connectivity index (χ2v) is 9.97. The van der Waals surface area contributed by atoms with E-state index < -0.39 is 29.5 Å². The van der Waals surface area contributed by atoms with Crippen LogP contribution in [0.1, 0.15) is 65.2 Å². The van der Waals surface area contributed by atoms with Gasteiger partial charge in [0.15, 0.2) is 5.78 Å². The second kappa shape index (κ2) is 5.86. The predicted molar refractivity (Wildman–Crippen MR) is 95.2 cm³/mol. The highest BCUT2D eigenvalue weighted by molar-refractivity contribution is 5.89. The van der Waals surface area contributed by atoms with Crippen molar-refractivity contribution in [1.29, 1.82) is 0 Å². The van der Waals surface area contributed by atoms with Crippen molar-refractivity contribution >= 4 is 11.6 Å². The highest BCUT2D eigenvalue weighted by Crippen LogP contribution is 2.68. The molecule has 0 aromatic carbocycles. The number of hydrogen-bond donors (Lipinski definition) is 3.